The molecule has 18 heavy (non-hydrogen) atoms. The summed E-state index contributed by atoms with van der Waals surface area (Å²) in [6, 6.07) is 0. The molecule has 5 heteroatoms. The van der Waals surface area contributed by atoms with Gasteiger partial charge in [0, 0.05) is 6.08 Å². The van der Waals surface area contributed by atoms with E-state index in [4.69, 9.17) is 9.47 Å². The monoisotopic (exact) mass is 251 g/mol. The summed E-state index contributed by atoms with van der Waals surface area (Å²) < 4.78 is 10.0. The molecule has 0 aliphatic carbocycles. The summed E-state index contributed by atoms with van der Waals surface area (Å²) >= 11 is 0. The molecule has 1 heterocycles. The number of rotatable bonds is 4. The number of allylic oxidation sites excluding steroid dienone is 3. The zero-order valence-electron chi connectivity index (χ0n) is 11.0. The highest BCUT2D eigenvalue weighted by atomic mass is 16.6. The highest BCUT2D eigenvalue weighted by Gasteiger charge is 2.39. The Bertz CT molecular complexity index is 432. The van der Waals surface area contributed by atoms with Crippen molar-refractivity contribution in [3.63, 3.8) is 0 Å². The number of carbonyl (C=O) groups is 2. The summed E-state index contributed by atoms with van der Waals surface area (Å²) in [5.41, 5.74) is -0.906. The van der Waals surface area contributed by atoms with E-state index in [0.29, 0.717) is 0 Å². The second-order valence-corrected chi connectivity index (χ2v) is 4.36. The molecule has 5 nitrogen and oxygen atoms in total. The Morgan fingerprint density at radius 1 is 1.44 bits per heavy atom. The topological polar surface area (TPSA) is 65.0 Å². The highest BCUT2D eigenvalue weighted by molar-refractivity contribution is 6.02. The van der Waals surface area contributed by atoms with Crippen LogP contribution in [-0.4, -0.2) is 29.5 Å². The lowest BCUT2D eigenvalue weighted by molar-refractivity contribution is -0.143. The first-order valence-corrected chi connectivity index (χ1v) is 5.69. The fourth-order valence-electron chi connectivity index (χ4n) is 1.25. The van der Waals surface area contributed by atoms with Crippen LogP contribution in [0.2, 0.25) is 0 Å². The molecule has 0 aromatic carbocycles. The number of hydrogen-bond acceptors (Lipinski definition) is 5. The molecule has 0 spiro atoms. The van der Waals surface area contributed by atoms with E-state index in [2.05, 4.69) is 4.99 Å². The van der Waals surface area contributed by atoms with Gasteiger partial charge in [0.1, 0.15) is 0 Å². The summed E-state index contributed by atoms with van der Waals surface area (Å²) in [7, 11) is 0. The zero-order chi connectivity index (χ0) is 13.8. The predicted molar refractivity (Wildman–Crippen MR) is 67.1 cm³/mol. The van der Waals surface area contributed by atoms with Crippen molar-refractivity contribution in [1.29, 1.82) is 0 Å². The minimum absolute atomic E-state index is 0.137. The first kappa shape index (κ1) is 14.2. The number of nitrogens with zero attached hydrogens (tertiary/aromatic N) is 1. The second-order valence-electron chi connectivity index (χ2n) is 4.36. The molecular weight excluding hydrogens is 234 g/mol. The number of aliphatic imine (C=N–C) groups is 1. The third kappa shape index (κ3) is 3.55. The Hall–Kier alpha value is -1.91. The lowest BCUT2D eigenvalue weighted by Crippen LogP contribution is -2.26. The quantitative estimate of drug-likeness (QED) is 0.434. The lowest BCUT2D eigenvalue weighted by atomic mass is 10.1. The molecule has 0 saturated heterocycles. The van der Waals surface area contributed by atoms with Crippen LogP contribution in [0.5, 0.6) is 0 Å². The number of esters is 2. The molecule has 0 aromatic rings. The molecule has 0 fully saturated rings. The van der Waals surface area contributed by atoms with Crippen LogP contribution in [0, 0.1) is 0 Å². The molecular formula is C13H17NO4. The molecule has 1 atom stereocenters. The van der Waals surface area contributed by atoms with E-state index in [1.807, 2.05) is 6.92 Å². The average Bonchev–Trinajstić information content (AvgIpc) is 2.54. The largest absolute Gasteiger partial charge is 0.450 e. The van der Waals surface area contributed by atoms with Crippen molar-refractivity contribution < 1.29 is 19.1 Å². The van der Waals surface area contributed by atoms with Crippen LogP contribution in [0.1, 0.15) is 27.7 Å². The Morgan fingerprint density at radius 3 is 2.61 bits per heavy atom. The maximum absolute atomic E-state index is 11.4. The van der Waals surface area contributed by atoms with Gasteiger partial charge in [-0.25, -0.2) is 14.6 Å². The van der Waals surface area contributed by atoms with Gasteiger partial charge in [0.15, 0.2) is 11.6 Å². The third-order valence-electron chi connectivity index (χ3n) is 2.26. The van der Waals surface area contributed by atoms with E-state index >= 15 is 0 Å². The molecule has 1 rings (SSSR count). The number of carbonyl (C=O) groups excluding carboxylic acids is 2. The minimum atomic E-state index is -0.906. The molecule has 0 bridgehead atoms. The van der Waals surface area contributed by atoms with E-state index in [-0.39, 0.29) is 5.90 Å². The van der Waals surface area contributed by atoms with Crippen molar-refractivity contribution in [3.05, 3.63) is 24.3 Å². The van der Waals surface area contributed by atoms with Gasteiger partial charge < -0.3 is 9.47 Å². The summed E-state index contributed by atoms with van der Waals surface area (Å²) in [5.74, 6) is -0.813. The Labute approximate surface area is 106 Å². The summed E-state index contributed by atoms with van der Waals surface area (Å²) in [6.45, 7) is 6.73. The van der Waals surface area contributed by atoms with Gasteiger partial charge in [0.2, 0.25) is 5.90 Å². The van der Waals surface area contributed by atoms with E-state index < -0.39 is 23.6 Å². The fourth-order valence-corrected chi connectivity index (χ4v) is 1.25. The first-order valence-electron chi connectivity index (χ1n) is 5.69. The van der Waals surface area contributed by atoms with Crippen LogP contribution in [0.4, 0.5) is 0 Å². The predicted octanol–water partition coefficient (Wildman–Crippen LogP) is 1.78. The number of ether oxygens (including phenoxy) is 2. The van der Waals surface area contributed by atoms with E-state index in [1.54, 1.807) is 39.0 Å². The minimum Gasteiger partial charge on any atom is -0.450 e. The lowest BCUT2D eigenvalue weighted by Gasteiger charge is -2.09. The van der Waals surface area contributed by atoms with Crippen molar-refractivity contribution in [1.82, 2.24) is 0 Å². The van der Waals surface area contributed by atoms with E-state index in [1.165, 1.54) is 6.08 Å². The van der Waals surface area contributed by atoms with Gasteiger partial charge in [0.05, 0.1) is 0 Å². The molecule has 0 N–H and O–H groups in total. The van der Waals surface area contributed by atoms with Crippen molar-refractivity contribution in [2.24, 2.45) is 4.99 Å². The van der Waals surface area contributed by atoms with E-state index in [9.17, 15) is 9.59 Å². The molecule has 0 radical (unpaired) electrons. The van der Waals surface area contributed by atoms with Crippen LogP contribution >= 0.6 is 0 Å². The summed E-state index contributed by atoms with van der Waals surface area (Å²) in [6.07, 6.45) is 5.68. The molecule has 1 unspecified atom stereocenters. The van der Waals surface area contributed by atoms with Gasteiger partial charge >= 0.3 is 11.9 Å². The number of cyclic esters (lactones) is 1. The molecule has 0 aromatic heterocycles. The maximum atomic E-state index is 11.4. The first-order chi connectivity index (χ1) is 8.36. The van der Waals surface area contributed by atoms with Gasteiger partial charge in [0.25, 0.3) is 0 Å². The van der Waals surface area contributed by atoms with Gasteiger partial charge in [-0.3, -0.25) is 0 Å². The SMILES string of the molecule is C/C=C/C=C/C(=O)OC(C)C1=NC(C)(C)C(=O)O1. The van der Waals surface area contributed by atoms with Crippen molar-refractivity contribution >= 4 is 17.8 Å². The van der Waals surface area contributed by atoms with Gasteiger partial charge in [-0.15, -0.1) is 0 Å². The average molecular weight is 251 g/mol. The van der Waals surface area contributed by atoms with Crippen molar-refractivity contribution in [2.75, 3.05) is 0 Å². The van der Waals surface area contributed by atoms with Gasteiger partial charge in [-0.1, -0.05) is 18.2 Å². The normalized spacial score (nSPS) is 20.0. The van der Waals surface area contributed by atoms with Crippen LogP contribution < -0.4 is 0 Å². The maximum Gasteiger partial charge on any atom is 0.340 e. The van der Waals surface area contributed by atoms with Gasteiger partial charge in [-0.05, 0) is 27.7 Å². The summed E-state index contributed by atoms with van der Waals surface area (Å²) in [5, 5.41) is 0. The molecule has 98 valence electrons. The van der Waals surface area contributed by atoms with Gasteiger partial charge in [-0.2, -0.15) is 0 Å². The van der Waals surface area contributed by atoms with Crippen molar-refractivity contribution in [3.8, 4) is 0 Å². The Balaban J connectivity index is 2.60. The second kappa shape index (κ2) is 5.62. The third-order valence-corrected chi connectivity index (χ3v) is 2.26. The standard InChI is InChI=1S/C13H17NO4/c1-5-6-7-8-10(15)17-9(2)11-14-13(3,4)12(16)18-11/h5-9H,1-4H3/b6-5+,8-7+. The Kier molecular flexibility index (Phi) is 4.42. The molecule has 1 aliphatic rings. The molecule has 0 saturated carbocycles. The zero-order valence-corrected chi connectivity index (χ0v) is 11.0. The number of hydrogen-bond donors (Lipinski definition) is 0. The van der Waals surface area contributed by atoms with Crippen molar-refractivity contribution in [2.45, 2.75) is 39.3 Å². The Morgan fingerprint density at radius 2 is 2.11 bits per heavy atom. The van der Waals surface area contributed by atoms with E-state index in [0.717, 1.165) is 0 Å². The van der Waals surface area contributed by atoms with Crippen LogP contribution in [0.3, 0.4) is 0 Å². The fraction of sp³-hybridized carbons (Fsp3) is 0.462. The highest BCUT2D eigenvalue weighted by Crippen LogP contribution is 2.20. The van der Waals surface area contributed by atoms with Crippen LogP contribution in [-0.2, 0) is 19.1 Å². The van der Waals surface area contributed by atoms with Crippen LogP contribution in [0.15, 0.2) is 29.3 Å². The smallest absolute Gasteiger partial charge is 0.340 e. The van der Waals surface area contributed by atoms with Crippen LogP contribution in [0.25, 0.3) is 0 Å². The molecule has 0 amide bonds. The summed E-state index contributed by atoms with van der Waals surface area (Å²) in [4.78, 5) is 26.9. The molecule has 1 aliphatic heterocycles.